The normalized spacial score (nSPS) is 16.7. The number of nitrogens with zero attached hydrogens (tertiary/aromatic N) is 3. The van der Waals surface area contributed by atoms with Crippen molar-refractivity contribution in [3.8, 4) is 5.75 Å². The molecule has 1 aromatic carbocycles. The van der Waals surface area contributed by atoms with E-state index in [2.05, 4.69) is 21.8 Å². The van der Waals surface area contributed by atoms with Gasteiger partial charge >= 0.3 is 0 Å². The van der Waals surface area contributed by atoms with Crippen molar-refractivity contribution in [2.45, 2.75) is 35.2 Å². The van der Waals surface area contributed by atoms with E-state index in [-0.39, 0.29) is 5.54 Å². The number of benzene rings is 1. The Hall–Kier alpha value is -1.70. The van der Waals surface area contributed by atoms with Gasteiger partial charge in [-0.3, -0.25) is 0 Å². The van der Waals surface area contributed by atoms with Crippen LogP contribution in [0.2, 0.25) is 5.02 Å². The Morgan fingerprint density at radius 2 is 2.04 bits per heavy atom. The van der Waals surface area contributed by atoms with Crippen LogP contribution >= 0.6 is 23.4 Å². The lowest BCUT2D eigenvalue weighted by Crippen LogP contribution is -2.48. The SMILES string of the molecule is COc1ccc(Cl)c(Sc2ncc(N3CCC(C)(N)CC3)nc2N)c1. The zero-order chi connectivity index (χ0) is 18.0. The Kier molecular flexibility index (Phi) is 5.27. The number of methoxy groups -OCH3 is 1. The van der Waals surface area contributed by atoms with Gasteiger partial charge in [0, 0.05) is 23.5 Å². The number of aromatic nitrogens is 2. The standard InChI is InChI=1S/C17H22ClN5OS/c1-17(20)5-7-23(8-6-17)14-10-21-16(15(19)22-14)25-13-9-11(24-2)3-4-12(13)18/h3-4,9-10H,5-8,20H2,1-2H3,(H2,19,22). The van der Waals surface area contributed by atoms with E-state index in [1.54, 1.807) is 19.4 Å². The highest BCUT2D eigenvalue weighted by molar-refractivity contribution is 7.99. The first-order chi connectivity index (χ1) is 11.9. The van der Waals surface area contributed by atoms with Crippen molar-refractivity contribution in [1.82, 2.24) is 9.97 Å². The van der Waals surface area contributed by atoms with Gasteiger partial charge in [-0.15, -0.1) is 0 Å². The molecule has 0 amide bonds. The smallest absolute Gasteiger partial charge is 0.158 e. The molecule has 0 spiro atoms. The van der Waals surface area contributed by atoms with Gasteiger partial charge in [-0.2, -0.15) is 0 Å². The van der Waals surface area contributed by atoms with Gasteiger partial charge in [0.1, 0.15) is 16.6 Å². The molecule has 3 rings (SSSR count). The van der Waals surface area contributed by atoms with Crippen LogP contribution in [-0.2, 0) is 0 Å². The van der Waals surface area contributed by atoms with Gasteiger partial charge in [0.05, 0.1) is 18.3 Å². The molecule has 0 unspecified atom stereocenters. The maximum Gasteiger partial charge on any atom is 0.158 e. The maximum absolute atomic E-state index is 6.25. The van der Waals surface area contributed by atoms with E-state index >= 15 is 0 Å². The Bertz CT molecular complexity index is 761. The molecular weight excluding hydrogens is 358 g/mol. The minimum Gasteiger partial charge on any atom is -0.497 e. The largest absolute Gasteiger partial charge is 0.497 e. The van der Waals surface area contributed by atoms with Gasteiger partial charge in [0.25, 0.3) is 0 Å². The van der Waals surface area contributed by atoms with Gasteiger partial charge in [0.15, 0.2) is 5.82 Å². The lowest BCUT2D eigenvalue weighted by atomic mass is 9.91. The molecule has 1 aliphatic heterocycles. The molecule has 0 saturated carbocycles. The summed E-state index contributed by atoms with van der Waals surface area (Å²) in [6.07, 6.45) is 3.60. The molecule has 0 atom stereocenters. The molecule has 8 heteroatoms. The van der Waals surface area contributed by atoms with Crippen LogP contribution in [0.4, 0.5) is 11.6 Å². The first-order valence-corrected chi connectivity index (χ1v) is 9.25. The monoisotopic (exact) mass is 379 g/mol. The maximum atomic E-state index is 6.25. The van der Waals surface area contributed by atoms with Crippen LogP contribution in [0.3, 0.4) is 0 Å². The highest BCUT2D eigenvalue weighted by Gasteiger charge is 2.27. The molecule has 25 heavy (non-hydrogen) atoms. The third-order valence-electron chi connectivity index (χ3n) is 4.33. The predicted molar refractivity (Wildman–Crippen MR) is 103 cm³/mol. The van der Waals surface area contributed by atoms with E-state index < -0.39 is 0 Å². The summed E-state index contributed by atoms with van der Waals surface area (Å²) < 4.78 is 5.24. The fourth-order valence-corrected chi connectivity index (χ4v) is 3.69. The Labute approximate surface area is 156 Å². The van der Waals surface area contributed by atoms with E-state index in [4.69, 9.17) is 27.8 Å². The fraction of sp³-hybridized carbons (Fsp3) is 0.412. The first kappa shape index (κ1) is 18.1. The average Bonchev–Trinajstić information content (AvgIpc) is 2.58. The first-order valence-electron chi connectivity index (χ1n) is 8.06. The summed E-state index contributed by atoms with van der Waals surface area (Å²) in [5.41, 5.74) is 12.2. The molecule has 2 aromatic rings. The summed E-state index contributed by atoms with van der Waals surface area (Å²) in [4.78, 5) is 12.0. The van der Waals surface area contributed by atoms with Crippen LogP contribution in [0, 0.1) is 0 Å². The average molecular weight is 380 g/mol. The van der Waals surface area contributed by atoms with Crippen LogP contribution in [0.5, 0.6) is 5.75 Å². The number of hydrogen-bond acceptors (Lipinski definition) is 7. The summed E-state index contributed by atoms with van der Waals surface area (Å²) in [5.74, 6) is 1.91. The minimum atomic E-state index is -0.103. The van der Waals surface area contributed by atoms with E-state index in [0.717, 1.165) is 42.4 Å². The van der Waals surface area contributed by atoms with Gasteiger partial charge < -0.3 is 21.1 Å². The number of nitrogen functional groups attached to an aromatic ring is 1. The highest BCUT2D eigenvalue weighted by atomic mass is 35.5. The zero-order valence-corrected chi connectivity index (χ0v) is 15.9. The van der Waals surface area contributed by atoms with Gasteiger partial charge in [0.2, 0.25) is 0 Å². The summed E-state index contributed by atoms with van der Waals surface area (Å²) in [6, 6.07) is 5.46. The number of rotatable bonds is 4. The van der Waals surface area contributed by atoms with Crippen LogP contribution in [0.15, 0.2) is 34.3 Å². The molecule has 6 nitrogen and oxygen atoms in total. The second kappa shape index (κ2) is 7.27. The molecular formula is C17H22ClN5OS. The molecule has 1 aliphatic rings. The quantitative estimate of drug-likeness (QED) is 0.842. The van der Waals surface area contributed by atoms with E-state index in [1.165, 1.54) is 11.8 Å². The second-order valence-corrected chi connectivity index (χ2v) is 7.90. The molecule has 1 saturated heterocycles. The van der Waals surface area contributed by atoms with Crippen LogP contribution in [0.25, 0.3) is 0 Å². The number of piperidine rings is 1. The molecule has 0 bridgehead atoms. The highest BCUT2D eigenvalue weighted by Crippen LogP contribution is 2.37. The number of ether oxygens (including phenoxy) is 1. The Balaban J connectivity index is 1.77. The van der Waals surface area contributed by atoms with E-state index in [9.17, 15) is 0 Å². The van der Waals surface area contributed by atoms with Gasteiger partial charge in [-0.05, 0) is 38.0 Å². The Morgan fingerprint density at radius 3 is 2.68 bits per heavy atom. The minimum absolute atomic E-state index is 0.103. The molecule has 1 fully saturated rings. The number of anilines is 2. The molecule has 2 heterocycles. The second-order valence-electron chi connectivity index (χ2n) is 6.46. The molecule has 0 radical (unpaired) electrons. The molecule has 0 aliphatic carbocycles. The number of hydrogen-bond donors (Lipinski definition) is 2. The molecule has 134 valence electrons. The summed E-state index contributed by atoms with van der Waals surface area (Å²) >= 11 is 7.63. The number of halogens is 1. The zero-order valence-electron chi connectivity index (χ0n) is 14.3. The lowest BCUT2D eigenvalue weighted by Gasteiger charge is -2.37. The van der Waals surface area contributed by atoms with E-state index in [1.807, 2.05) is 12.1 Å². The predicted octanol–water partition coefficient (Wildman–Crippen LogP) is 3.19. The Morgan fingerprint density at radius 1 is 1.32 bits per heavy atom. The topological polar surface area (TPSA) is 90.3 Å². The van der Waals surface area contributed by atoms with Gasteiger partial charge in [-0.25, -0.2) is 9.97 Å². The molecule has 4 N–H and O–H groups in total. The third kappa shape index (κ3) is 4.29. The lowest BCUT2D eigenvalue weighted by molar-refractivity contribution is 0.363. The summed E-state index contributed by atoms with van der Waals surface area (Å²) in [6.45, 7) is 3.80. The van der Waals surface area contributed by atoms with Crippen LogP contribution < -0.4 is 21.1 Å². The summed E-state index contributed by atoms with van der Waals surface area (Å²) in [5, 5.41) is 1.24. The van der Waals surface area contributed by atoms with Crippen molar-refractivity contribution < 1.29 is 4.74 Å². The summed E-state index contributed by atoms with van der Waals surface area (Å²) in [7, 11) is 1.62. The fourth-order valence-electron chi connectivity index (χ4n) is 2.65. The van der Waals surface area contributed by atoms with Crippen molar-refractivity contribution >= 4 is 35.0 Å². The van der Waals surface area contributed by atoms with Crippen molar-refractivity contribution in [3.05, 3.63) is 29.4 Å². The van der Waals surface area contributed by atoms with Crippen molar-refractivity contribution in [3.63, 3.8) is 0 Å². The van der Waals surface area contributed by atoms with Crippen LogP contribution in [-0.4, -0.2) is 35.7 Å². The van der Waals surface area contributed by atoms with Gasteiger partial charge in [-0.1, -0.05) is 23.4 Å². The van der Waals surface area contributed by atoms with Crippen molar-refractivity contribution in [2.24, 2.45) is 5.73 Å². The van der Waals surface area contributed by atoms with Crippen LogP contribution in [0.1, 0.15) is 19.8 Å². The third-order valence-corrected chi connectivity index (χ3v) is 5.83. The number of nitrogens with two attached hydrogens (primary N) is 2. The van der Waals surface area contributed by atoms with Crippen molar-refractivity contribution in [1.29, 1.82) is 0 Å². The van der Waals surface area contributed by atoms with E-state index in [0.29, 0.717) is 15.9 Å². The molecule has 1 aromatic heterocycles. The van der Waals surface area contributed by atoms with Crippen molar-refractivity contribution in [2.75, 3.05) is 30.8 Å².